The van der Waals surface area contributed by atoms with Crippen molar-refractivity contribution in [3.8, 4) is 0 Å². The molecular weight excluding hydrogens is 441 g/mol. The summed E-state index contributed by atoms with van der Waals surface area (Å²) in [5.41, 5.74) is 3.27. The molecular formula is C27H21ClFNO3. The number of carbonyl (C=O) groups is 1. The normalized spacial score (nSPS) is 15.5. The number of hydrogen-bond donors (Lipinski definition) is 0. The van der Waals surface area contributed by atoms with Crippen LogP contribution in [0.1, 0.15) is 58.6 Å². The molecule has 1 amide bonds. The molecule has 1 aliphatic rings. The van der Waals surface area contributed by atoms with Gasteiger partial charge in [0, 0.05) is 10.7 Å². The summed E-state index contributed by atoms with van der Waals surface area (Å²) in [6.45, 7) is 6.07. The number of nitrogens with zero attached hydrogens (tertiary/aromatic N) is 1. The van der Waals surface area contributed by atoms with Gasteiger partial charge in [0.05, 0.1) is 17.0 Å². The Hall–Kier alpha value is -3.44. The van der Waals surface area contributed by atoms with Crippen LogP contribution in [0.2, 0.25) is 5.02 Å². The Balaban J connectivity index is 1.79. The Morgan fingerprint density at radius 2 is 1.73 bits per heavy atom. The summed E-state index contributed by atoms with van der Waals surface area (Å²) in [6.07, 6.45) is 0. The van der Waals surface area contributed by atoms with E-state index in [4.69, 9.17) is 16.0 Å². The van der Waals surface area contributed by atoms with Gasteiger partial charge in [0.1, 0.15) is 11.4 Å². The molecule has 0 fully saturated rings. The molecule has 33 heavy (non-hydrogen) atoms. The van der Waals surface area contributed by atoms with E-state index in [2.05, 4.69) is 13.8 Å². The number of benzene rings is 3. The predicted octanol–water partition coefficient (Wildman–Crippen LogP) is 6.77. The number of halogens is 2. The van der Waals surface area contributed by atoms with E-state index in [9.17, 15) is 14.0 Å². The molecule has 5 rings (SSSR count). The first-order valence-electron chi connectivity index (χ1n) is 10.7. The fourth-order valence-electron chi connectivity index (χ4n) is 4.32. The zero-order chi connectivity index (χ0) is 23.4. The zero-order valence-corrected chi connectivity index (χ0v) is 19.1. The van der Waals surface area contributed by atoms with Gasteiger partial charge in [-0.3, -0.25) is 14.5 Å². The van der Waals surface area contributed by atoms with Gasteiger partial charge in [-0.1, -0.05) is 55.8 Å². The van der Waals surface area contributed by atoms with Crippen molar-refractivity contribution in [2.45, 2.75) is 32.7 Å². The second-order valence-electron chi connectivity index (χ2n) is 8.65. The molecule has 4 aromatic rings. The second-order valence-corrected chi connectivity index (χ2v) is 9.05. The van der Waals surface area contributed by atoms with Crippen LogP contribution in [0.3, 0.4) is 0 Å². The van der Waals surface area contributed by atoms with Crippen LogP contribution < -0.4 is 10.3 Å². The molecule has 0 aliphatic carbocycles. The van der Waals surface area contributed by atoms with Gasteiger partial charge >= 0.3 is 0 Å². The minimum absolute atomic E-state index is 0.0336. The number of fused-ring (bicyclic) bond motifs is 2. The molecule has 1 aromatic heterocycles. The van der Waals surface area contributed by atoms with Gasteiger partial charge in [0.25, 0.3) is 5.91 Å². The van der Waals surface area contributed by atoms with Crippen molar-refractivity contribution in [1.29, 1.82) is 0 Å². The predicted molar refractivity (Wildman–Crippen MR) is 128 cm³/mol. The van der Waals surface area contributed by atoms with E-state index in [1.807, 2.05) is 37.3 Å². The Morgan fingerprint density at radius 3 is 2.39 bits per heavy atom. The second kappa shape index (κ2) is 7.85. The summed E-state index contributed by atoms with van der Waals surface area (Å²) < 4.78 is 19.8. The van der Waals surface area contributed by atoms with Gasteiger partial charge < -0.3 is 4.42 Å². The van der Waals surface area contributed by atoms with Crippen LogP contribution in [-0.2, 0) is 0 Å². The number of rotatable bonds is 3. The summed E-state index contributed by atoms with van der Waals surface area (Å²) in [5.74, 6) is -0.681. The van der Waals surface area contributed by atoms with Crippen LogP contribution in [0.5, 0.6) is 0 Å². The molecule has 2 heterocycles. The first kappa shape index (κ1) is 21.4. The molecule has 4 nitrogen and oxygen atoms in total. The van der Waals surface area contributed by atoms with Crippen LogP contribution in [0.15, 0.2) is 69.9 Å². The average molecular weight is 462 g/mol. The highest BCUT2D eigenvalue weighted by Crippen LogP contribution is 2.42. The molecule has 0 saturated carbocycles. The third kappa shape index (κ3) is 3.44. The van der Waals surface area contributed by atoms with Crippen molar-refractivity contribution in [3.63, 3.8) is 0 Å². The zero-order valence-electron chi connectivity index (χ0n) is 18.4. The third-order valence-corrected chi connectivity index (χ3v) is 6.59. The molecule has 3 aromatic carbocycles. The van der Waals surface area contributed by atoms with Crippen LogP contribution in [0.4, 0.5) is 10.1 Å². The number of hydrogen-bond acceptors (Lipinski definition) is 3. The maximum absolute atomic E-state index is 13.9. The van der Waals surface area contributed by atoms with Gasteiger partial charge in [0.15, 0.2) is 5.43 Å². The van der Waals surface area contributed by atoms with Crippen molar-refractivity contribution in [1.82, 2.24) is 0 Å². The number of anilines is 1. The van der Waals surface area contributed by atoms with E-state index in [1.54, 1.807) is 12.1 Å². The summed E-state index contributed by atoms with van der Waals surface area (Å²) >= 11 is 6.37. The molecule has 1 aliphatic heterocycles. The van der Waals surface area contributed by atoms with Crippen molar-refractivity contribution in [2.24, 2.45) is 0 Å². The lowest BCUT2D eigenvalue weighted by Gasteiger charge is -2.26. The van der Waals surface area contributed by atoms with E-state index >= 15 is 0 Å². The largest absolute Gasteiger partial charge is 0.450 e. The van der Waals surface area contributed by atoms with Gasteiger partial charge in [-0.25, -0.2) is 4.39 Å². The van der Waals surface area contributed by atoms with E-state index in [0.717, 1.165) is 22.8 Å². The molecule has 0 bridgehead atoms. The van der Waals surface area contributed by atoms with Crippen molar-refractivity contribution >= 4 is 34.2 Å². The third-order valence-electron chi connectivity index (χ3n) is 6.18. The lowest BCUT2D eigenvalue weighted by atomic mass is 9.95. The smallest absolute Gasteiger partial charge is 0.295 e. The van der Waals surface area contributed by atoms with Gasteiger partial charge in [-0.2, -0.15) is 0 Å². The Morgan fingerprint density at radius 1 is 1.00 bits per heavy atom. The minimum Gasteiger partial charge on any atom is -0.450 e. The first-order chi connectivity index (χ1) is 15.8. The van der Waals surface area contributed by atoms with Crippen LogP contribution in [0.25, 0.3) is 11.0 Å². The van der Waals surface area contributed by atoms with E-state index in [1.165, 1.54) is 17.0 Å². The molecule has 0 spiro atoms. The highest BCUT2D eigenvalue weighted by molar-refractivity contribution is 6.31. The molecule has 6 heteroatoms. The van der Waals surface area contributed by atoms with Gasteiger partial charge in [-0.15, -0.1) is 0 Å². The van der Waals surface area contributed by atoms with Crippen molar-refractivity contribution in [3.05, 3.63) is 110 Å². The molecule has 1 unspecified atom stereocenters. The Kier molecular flexibility index (Phi) is 5.09. The fourth-order valence-corrected chi connectivity index (χ4v) is 4.50. The highest BCUT2D eigenvalue weighted by Gasteiger charge is 2.43. The van der Waals surface area contributed by atoms with Crippen LogP contribution in [0, 0.1) is 12.7 Å². The summed E-state index contributed by atoms with van der Waals surface area (Å²) in [7, 11) is 0. The molecule has 0 radical (unpaired) electrons. The standard InChI is InChI=1S/C27H21ClFNO3/c1-14(2)16-5-7-17(8-6-16)24-23-25(31)20-12-18(29)9-11-22(20)33-26(23)27(32)30(24)19-10-4-15(3)21(28)13-19/h4-14,24H,1-3H3. The Bertz CT molecular complexity index is 1470. The van der Waals surface area contributed by atoms with Gasteiger partial charge in [0.2, 0.25) is 5.76 Å². The highest BCUT2D eigenvalue weighted by atomic mass is 35.5. The summed E-state index contributed by atoms with van der Waals surface area (Å²) in [6, 6.07) is 16.1. The van der Waals surface area contributed by atoms with Gasteiger partial charge in [-0.05, 0) is 59.9 Å². The maximum Gasteiger partial charge on any atom is 0.295 e. The molecule has 0 N–H and O–H groups in total. The minimum atomic E-state index is -0.726. The fraction of sp³-hybridized carbons (Fsp3) is 0.185. The number of amides is 1. The van der Waals surface area contributed by atoms with E-state index in [0.29, 0.717) is 16.6 Å². The quantitative estimate of drug-likeness (QED) is 0.338. The number of carbonyl (C=O) groups excluding carboxylic acids is 1. The first-order valence-corrected chi connectivity index (χ1v) is 11.1. The topological polar surface area (TPSA) is 50.5 Å². The SMILES string of the molecule is Cc1ccc(N2C(=O)c3oc4ccc(F)cc4c(=O)c3C2c2ccc(C(C)C)cc2)cc1Cl. The lowest BCUT2D eigenvalue weighted by molar-refractivity contribution is 0.0971. The van der Waals surface area contributed by atoms with Crippen molar-refractivity contribution < 1.29 is 13.6 Å². The van der Waals surface area contributed by atoms with Crippen LogP contribution >= 0.6 is 11.6 Å². The van der Waals surface area contributed by atoms with E-state index < -0.39 is 23.2 Å². The molecule has 166 valence electrons. The molecule has 0 saturated heterocycles. The Labute approximate surface area is 195 Å². The van der Waals surface area contributed by atoms with Crippen LogP contribution in [-0.4, -0.2) is 5.91 Å². The number of aryl methyl sites for hydroxylation is 1. The summed E-state index contributed by atoms with van der Waals surface area (Å²) in [4.78, 5) is 28.7. The maximum atomic E-state index is 13.9. The monoisotopic (exact) mass is 461 g/mol. The molecule has 1 atom stereocenters. The average Bonchev–Trinajstić information content (AvgIpc) is 3.09. The van der Waals surface area contributed by atoms with Crippen molar-refractivity contribution in [2.75, 3.05) is 4.90 Å². The summed E-state index contributed by atoms with van der Waals surface area (Å²) in [5, 5.41) is 0.616. The lowest BCUT2D eigenvalue weighted by Crippen LogP contribution is -2.29. The van der Waals surface area contributed by atoms with E-state index in [-0.39, 0.29) is 22.3 Å².